The van der Waals surface area contributed by atoms with Gasteiger partial charge < -0.3 is 15.2 Å². The maximum Gasteiger partial charge on any atom is 0.228 e. The number of fused-ring (bicyclic) bond motifs is 1. The molecule has 0 atom stereocenters. The van der Waals surface area contributed by atoms with Crippen molar-refractivity contribution < 1.29 is 4.79 Å². The minimum atomic E-state index is 0.0870. The predicted octanol–water partition coefficient (Wildman–Crippen LogP) is 1.82. The molecule has 24 heavy (non-hydrogen) atoms. The van der Waals surface area contributed by atoms with Crippen LogP contribution in [0.1, 0.15) is 18.7 Å². The van der Waals surface area contributed by atoms with E-state index in [-0.39, 0.29) is 11.8 Å². The fraction of sp³-hybridized carbons (Fsp3) is 0.389. The second-order valence-electron chi connectivity index (χ2n) is 6.54. The number of aromatic amines is 1. The number of para-hydroxylation sites is 2. The third kappa shape index (κ3) is 2.97. The van der Waals surface area contributed by atoms with Gasteiger partial charge in [-0.05, 0) is 51.2 Å². The van der Waals surface area contributed by atoms with E-state index in [1.165, 1.54) is 0 Å². The van der Waals surface area contributed by atoms with Crippen LogP contribution < -0.4 is 5.32 Å². The molecule has 1 fully saturated rings. The zero-order chi connectivity index (χ0) is 16.5. The van der Waals surface area contributed by atoms with Gasteiger partial charge in [0.25, 0.3) is 0 Å². The molecular formula is C18H21N5O. The Bertz CT molecular complexity index is 794. The minimum absolute atomic E-state index is 0.0870. The lowest BCUT2D eigenvalue weighted by Crippen LogP contribution is -2.40. The van der Waals surface area contributed by atoms with Crippen LogP contribution in [0.5, 0.6) is 0 Å². The Balaban J connectivity index is 1.43. The number of nitrogens with one attached hydrogen (secondary N) is 2. The first kappa shape index (κ1) is 15.1. The van der Waals surface area contributed by atoms with Crippen LogP contribution in [0.4, 0.5) is 0 Å². The molecule has 4 rings (SSSR count). The van der Waals surface area contributed by atoms with Crippen molar-refractivity contribution >= 4 is 28.3 Å². The number of piperidine rings is 1. The molecule has 2 N–H and O–H groups in total. The second kappa shape index (κ2) is 6.20. The lowest BCUT2D eigenvalue weighted by Gasteiger charge is -2.27. The summed E-state index contributed by atoms with van der Waals surface area (Å²) < 4.78 is 0. The quantitative estimate of drug-likeness (QED) is 0.885. The maximum absolute atomic E-state index is 12.4. The minimum Gasteiger partial charge on any atom is -0.338 e. The predicted molar refractivity (Wildman–Crippen MR) is 94.7 cm³/mol. The van der Waals surface area contributed by atoms with Gasteiger partial charge in [-0.1, -0.05) is 12.1 Å². The van der Waals surface area contributed by atoms with Gasteiger partial charge in [-0.2, -0.15) is 0 Å². The van der Waals surface area contributed by atoms with Crippen LogP contribution in [0.3, 0.4) is 0 Å². The molecule has 2 aliphatic rings. The number of likely N-dealkylation sites (tertiary alicyclic amines) is 1. The van der Waals surface area contributed by atoms with Crippen LogP contribution in [0, 0.1) is 5.92 Å². The Labute approximate surface area is 140 Å². The average Bonchev–Trinajstić information content (AvgIpc) is 3.21. The standard InChI is InChI=1S/C18H21N5O/c1-23-8-6-12(7-9-23)18(24)22-16-10-13(11-19-16)17-20-14-4-2-3-5-15(14)21-17/h2-5,10,12H,6-9,11H2,1H3,(H,20,21)(H,19,22,24). The largest absolute Gasteiger partial charge is 0.338 e. The number of carbonyl (C=O) groups excluding carboxylic acids is 1. The van der Waals surface area contributed by atoms with E-state index in [9.17, 15) is 4.79 Å². The number of carbonyl (C=O) groups is 1. The number of aromatic nitrogens is 2. The fourth-order valence-corrected chi connectivity index (χ4v) is 3.25. The number of rotatable bonds is 2. The van der Waals surface area contributed by atoms with Crippen LogP contribution in [0.2, 0.25) is 0 Å². The Morgan fingerprint density at radius 3 is 2.88 bits per heavy atom. The first-order chi connectivity index (χ1) is 11.7. The van der Waals surface area contributed by atoms with E-state index in [0.717, 1.165) is 48.4 Å². The van der Waals surface area contributed by atoms with E-state index in [2.05, 4.69) is 32.2 Å². The Hall–Kier alpha value is -2.47. The molecule has 1 aromatic carbocycles. The summed E-state index contributed by atoms with van der Waals surface area (Å²) in [7, 11) is 2.09. The van der Waals surface area contributed by atoms with Gasteiger partial charge >= 0.3 is 0 Å². The van der Waals surface area contributed by atoms with Crippen LogP contribution >= 0.6 is 0 Å². The summed E-state index contributed by atoms with van der Waals surface area (Å²) in [4.78, 5) is 27.0. The molecule has 3 heterocycles. The third-order valence-electron chi connectivity index (χ3n) is 4.76. The molecule has 6 heteroatoms. The number of H-pyrrole nitrogens is 1. The molecular weight excluding hydrogens is 302 g/mol. The van der Waals surface area contributed by atoms with E-state index in [0.29, 0.717) is 12.4 Å². The summed E-state index contributed by atoms with van der Waals surface area (Å²) >= 11 is 0. The number of hydrogen-bond acceptors (Lipinski definition) is 4. The summed E-state index contributed by atoms with van der Waals surface area (Å²) in [5, 5.41) is 2.97. The van der Waals surface area contributed by atoms with Crippen molar-refractivity contribution in [2.45, 2.75) is 12.8 Å². The smallest absolute Gasteiger partial charge is 0.228 e. The number of imidazole rings is 1. The molecule has 124 valence electrons. The topological polar surface area (TPSA) is 73.4 Å². The lowest BCUT2D eigenvalue weighted by molar-refractivity contribution is -0.124. The molecule has 2 aromatic rings. The number of benzene rings is 1. The van der Waals surface area contributed by atoms with Gasteiger partial charge in [0.05, 0.1) is 17.6 Å². The molecule has 1 amide bonds. The zero-order valence-corrected chi connectivity index (χ0v) is 13.7. The highest BCUT2D eigenvalue weighted by Crippen LogP contribution is 2.20. The molecule has 0 unspecified atom stereocenters. The summed E-state index contributed by atoms with van der Waals surface area (Å²) in [6.45, 7) is 2.50. The Kier molecular flexibility index (Phi) is 3.90. The van der Waals surface area contributed by atoms with Crippen molar-refractivity contribution in [3.8, 4) is 0 Å². The Morgan fingerprint density at radius 1 is 1.29 bits per heavy atom. The maximum atomic E-state index is 12.4. The van der Waals surface area contributed by atoms with Gasteiger partial charge in [-0.15, -0.1) is 0 Å². The first-order valence-electron chi connectivity index (χ1n) is 8.38. The van der Waals surface area contributed by atoms with Gasteiger partial charge in [-0.3, -0.25) is 9.79 Å². The summed E-state index contributed by atoms with van der Waals surface area (Å²) in [5.74, 6) is 1.65. The molecule has 2 aliphatic heterocycles. The third-order valence-corrected chi connectivity index (χ3v) is 4.76. The van der Waals surface area contributed by atoms with Gasteiger partial charge in [0.15, 0.2) is 0 Å². The van der Waals surface area contributed by atoms with Crippen molar-refractivity contribution in [1.29, 1.82) is 0 Å². The van der Waals surface area contributed by atoms with Crippen molar-refractivity contribution in [2.75, 3.05) is 26.7 Å². The Morgan fingerprint density at radius 2 is 2.08 bits per heavy atom. The highest BCUT2D eigenvalue weighted by molar-refractivity contribution is 6.10. The normalized spacial score (nSPS) is 19.4. The highest BCUT2D eigenvalue weighted by Gasteiger charge is 2.24. The van der Waals surface area contributed by atoms with Gasteiger partial charge in [0.1, 0.15) is 11.7 Å². The molecule has 6 nitrogen and oxygen atoms in total. The van der Waals surface area contributed by atoms with Crippen LogP contribution in [-0.4, -0.2) is 53.3 Å². The van der Waals surface area contributed by atoms with Crippen LogP contribution in [0.25, 0.3) is 16.6 Å². The van der Waals surface area contributed by atoms with E-state index < -0.39 is 0 Å². The molecule has 0 bridgehead atoms. The second-order valence-corrected chi connectivity index (χ2v) is 6.54. The van der Waals surface area contributed by atoms with Crippen molar-refractivity contribution in [1.82, 2.24) is 20.2 Å². The highest BCUT2D eigenvalue weighted by atomic mass is 16.1. The average molecular weight is 323 g/mol. The number of amides is 1. The number of hydrogen-bond donors (Lipinski definition) is 2. The lowest BCUT2D eigenvalue weighted by atomic mass is 9.96. The molecule has 0 aliphatic carbocycles. The molecule has 1 saturated heterocycles. The van der Waals surface area contributed by atoms with Crippen molar-refractivity contribution in [2.24, 2.45) is 10.9 Å². The fourth-order valence-electron chi connectivity index (χ4n) is 3.25. The molecule has 0 saturated carbocycles. The van der Waals surface area contributed by atoms with Gasteiger partial charge in [-0.25, -0.2) is 4.98 Å². The van der Waals surface area contributed by atoms with E-state index >= 15 is 0 Å². The number of aliphatic imine (C=N–C) groups is 1. The monoisotopic (exact) mass is 323 g/mol. The number of amidine groups is 1. The van der Waals surface area contributed by atoms with E-state index in [4.69, 9.17) is 0 Å². The van der Waals surface area contributed by atoms with Crippen LogP contribution in [-0.2, 0) is 4.79 Å². The van der Waals surface area contributed by atoms with Crippen LogP contribution in [0.15, 0.2) is 35.3 Å². The summed E-state index contributed by atoms with van der Waals surface area (Å²) in [5.41, 5.74) is 2.96. The zero-order valence-electron chi connectivity index (χ0n) is 13.7. The van der Waals surface area contributed by atoms with Gasteiger partial charge in [0, 0.05) is 11.5 Å². The van der Waals surface area contributed by atoms with E-state index in [1.807, 2.05) is 30.3 Å². The summed E-state index contributed by atoms with van der Waals surface area (Å²) in [6, 6.07) is 7.94. The number of nitrogens with zero attached hydrogens (tertiary/aromatic N) is 3. The molecule has 0 spiro atoms. The first-order valence-corrected chi connectivity index (χ1v) is 8.38. The van der Waals surface area contributed by atoms with Crippen molar-refractivity contribution in [3.05, 3.63) is 36.2 Å². The molecule has 0 radical (unpaired) electrons. The summed E-state index contributed by atoms with van der Waals surface area (Å²) in [6.07, 6.45) is 3.75. The van der Waals surface area contributed by atoms with Gasteiger partial charge in [0.2, 0.25) is 5.91 Å². The SMILES string of the molecule is CN1CCC(C(=O)NC2=NCC(c3nc4ccccc4[nH]3)=C2)CC1. The molecule has 1 aromatic heterocycles. The van der Waals surface area contributed by atoms with E-state index in [1.54, 1.807) is 0 Å². The van der Waals surface area contributed by atoms with Crippen molar-refractivity contribution in [3.63, 3.8) is 0 Å².